The van der Waals surface area contributed by atoms with Gasteiger partial charge in [-0.3, -0.25) is 9.69 Å². The predicted octanol–water partition coefficient (Wildman–Crippen LogP) is 2.06. The molecule has 114 valence electrons. The third-order valence-electron chi connectivity index (χ3n) is 4.16. The van der Waals surface area contributed by atoms with E-state index in [1.165, 1.54) is 0 Å². The number of carbonyl (C=O) groups is 1. The Morgan fingerprint density at radius 1 is 1.27 bits per heavy atom. The van der Waals surface area contributed by atoms with Crippen molar-refractivity contribution < 1.29 is 4.79 Å². The highest BCUT2D eigenvalue weighted by Crippen LogP contribution is 2.23. The first-order valence-electron chi connectivity index (χ1n) is 7.49. The molecule has 1 aromatic heterocycles. The maximum Gasteiger partial charge on any atom is 0.232 e. The Balaban J connectivity index is 1.81. The molecule has 1 aliphatic heterocycles. The zero-order valence-corrected chi connectivity index (χ0v) is 12.9. The Hall–Kier alpha value is -2.27. The fraction of sp³-hybridized carbons (Fsp3) is 0.353. The van der Waals surface area contributed by atoms with E-state index >= 15 is 0 Å². The van der Waals surface area contributed by atoms with E-state index in [0.29, 0.717) is 5.82 Å². The van der Waals surface area contributed by atoms with Crippen molar-refractivity contribution in [2.45, 2.75) is 6.42 Å². The normalized spacial score (nSPS) is 18.4. The van der Waals surface area contributed by atoms with E-state index in [-0.39, 0.29) is 11.8 Å². The van der Waals surface area contributed by atoms with Crippen LogP contribution in [-0.2, 0) is 4.79 Å². The molecular formula is C17H20N4O. The maximum absolute atomic E-state index is 12.6. The monoisotopic (exact) mass is 296 g/mol. The van der Waals surface area contributed by atoms with Gasteiger partial charge in [0, 0.05) is 19.2 Å². The molecule has 0 N–H and O–H groups in total. The van der Waals surface area contributed by atoms with Crippen LogP contribution in [-0.4, -0.2) is 48.2 Å². The predicted molar refractivity (Wildman–Crippen MR) is 86.5 cm³/mol. The van der Waals surface area contributed by atoms with Crippen molar-refractivity contribution in [3.05, 3.63) is 42.6 Å². The zero-order valence-electron chi connectivity index (χ0n) is 12.9. The lowest BCUT2D eigenvalue weighted by Crippen LogP contribution is -2.34. The van der Waals surface area contributed by atoms with E-state index in [1.54, 1.807) is 18.1 Å². The van der Waals surface area contributed by atoms with Crippen LogP contribution in [0.3, 0.4) is 0 Å². The van der Waals surface area contributed by atoms with Crippen LogP contribution in [0.25, 0.3) is 11.1 Å². The molecule has 5 heteroatoms. The van der Waals surface area contributed by atoms with Crippen molar-refractivity contribution in [3.8, 4) is 11.1 Å². The quantitative estimate of drug-likeness (QED) is 0.870. The van der Waals surface area contributed by atoms with E-state index < -0.39 is 0 Å². The molecule has 22 heavy (non-hydrogen) atoms. The number of anilines is 1. The highest BCUT2D eigenvalue weighted by Gasteiger charge is 2.29. The SMILES string of the molecule is CN1CCC(C(=O)N(C)c2cc(-c3ccccc3)cnn2)C1. The van der Waals surface area contributed by atoms with Gasteiger partial charge in [-0.05, 0) is 31.6 Å². The van der Waals surface area contributed by atoms with E-state index in [2.05, 4.69) is 15.1 Å². The fourth-order valence-corrected chi connectivity index (χ4v) is 2.83. The molecule has 3 rings (SSSR count). The van der Waals surface area contributed by atoms with Crippen molar-refractivity contribution in [1.82, 2.24) is 15.1 Å². The maximum atomic E-state index is 12.6. The third kappa shape index (κ3) is 2.99. The summed E-state index contributed by atoms with van der Waals surface area (Å²) in [6.45, 7) is 1.79. The number of amides is 1. The molecule has 1 unspecified atom stereocenters. The lowest BCUT2D eigenvalue weighted by molar-refractivity contribution is -0.121. The Kier molecular flexibility index (Phi) is 4.15. The van der Waals surface area contributed by atoms with Gasteiger partial charge < -0.3 is 4.90 Å². The first-order chi connectivity index (χ1) is 10.6. The van der Waals surface area contributed by atoms with Crippen molar-refractivity contribution in [3.63, 3.8) is 0 Å². The minimum atomic E-state index is 0.0529. The number of benzene rings is 1. The number of hydrogen-bond acceptors (Lipinski definition) is 4. The van der Waals surface area contributed by atoms with Gasteiger partial charge in [-0.25, -0.2) is 0 Å². The van der Waals surface area contributed by atoms with Gasteiger partial charge in [-0.1, -0.05) is 30.3 Å². The first-order valence-corrected chi connectivity index (χ1v) is 7.49. The van der Waals surface area contributed by atoms with Crippen LogP contribution in [0.15, 0.2) is 42.6 Å². The Labute approximate surface area is 130 Å². The van der Waals surface area contributed by atoms with Crippen LogP contribution in [0, 0.1) is 5.92 Å². The number of likely N-dealkylation sites (tertiary alicyclic amines) is 1. The summed E-state index contributed by atoms with van der Waals surface area (Å²) in [6.07, 6.45) is 2.63. The number of hydrogen-bond donors (Lipinski definition) is 0. The standard InChI is InChI=1S/C17H20N4O/c1-20-9-8-14(12-20)17(22)21(2)16-10-15(11-18-19-16)13-6-4-3-5-7-13/h3-7,10-11,14H,8-9,12H2,1-2H3. The zero-order chi connectivity index (χ0) is 15.5. The van der Waals surface area contributed by atoms with Crippen LogP contribution >= 0.6 is 0 Å². The highest BCUT2D eigenvalue weighted by molar-refractivity contribution is 5.94. The van der Waals surface area contributed by atoms with Crippen LogP contribution in [0.5, 0.6) is 0 Å². The molecule has 0 aliphatic carbocycles. The second kappa shape index (κ2) is 6.23. The number of nitrogens with zero attached hydrogens (tertiary/aromatic N) is 4. The van der Waals surface area contributed by atoms with Gasteiger partial charge in [-0.2, -0.15) is 5.10 Å². The van der Waals surface area contributed by atoms with Gasteiger partial charge in [0.2, 0.25) is 5.91 Å². The van der Waals surface area contributed by atoms with Gasteiger partial charge in [0.05, 0.1) is 12.1 Å². The summed E-state index contributed by atoms with van der Waals surface area (Å²) < 4.78 is 0. The molecule has 1 saturated heterocycles. The van der Waals surface area contributed by atoms with E-state index in [1.807, 2.05) is 43.4 Å². The van der Waals surface area contributed by atoms with Gasteiger partial charge in [0.25, 0.3) is 0 Å². The molecule has 1 amide bonds. The van der Waals surface area contributed by atoms with Crippen LogP contribution < -0.4 is 4.90 Å². The summed E-state index contributed by atoms with van der Waals surface area (Å²) >= 11 is 0. The Morgan fingerprint density at radius 3 is 2.73 bits per heavy atom. The summed E-state index contributed by atoms with van der Waals surface area (Å²) in [5, 5.41) is 8.17. The summed E-state index contributed by atoms with van der Waals surface area (Å²) in [4.78, 5) is 16.4. The third-order valence-corrected chi connectivity index (χ3v) is 4.16. The minimum absolute atomic E-state index is 0.0529. The van der Waals surface area contributed by atoms with Gasteiger partial charge >= 0.3 is 0 Å². The van der Waals surface area contributed by atoms with Crippen molar-refractivity contribution in [2.75, 3.05) is 32.1 Å². The van der Waals surface area contributed by atoms with Crippen molar-refractivity contribution in [1.29, 1.82) is 0 Å². The lowest BCUT2D eigenvalue weighted by Gasteiger charge is -2.20. The molecule has 0 radical (unpaired) electrons. The number of aromatic nitrogens is 2. The number of rotatable bonds is 3. The van der Waals surface area contributed by atoms with Gasteiger partial charge in [0.1, 0.15) is 0 Å². The molecule has 1 aromatic carbocycles. The largest absolute Gasteiger partial charge is 0.306 e. The van der Waals surface area contributed by atoms with Gasteiger partial charge in [-0.15, -0.1) is 5.10 Å². The molecule has 1 atom stereocenters. The molecule has 2 aromatic rings. The second-order valence-corrected chi connectivity index (χ2v) is 5.81. The average molecular weight is 296 g/mol. The molecule has 5 nitrogen and oxygen atoms in total. The summed E-state index contributed by atoms with van der Waals surface area (Å²) in [5.41, 5.74) is 2.04. The lowest BCUT2D eigenvalue weighted by atomic mass is 10.1. The van der Waals surface area contributed by atoms with E-state index in [0.717, 1.165) is 30.6 Å². The van der Waals surface area contributed by atoms with Crippen molar-refractivity contribution in [2.24, 2.45) is 5.92 Å². The van der Waals surface area contributed by atoms with Crippen LogP contribution in [0.4, 0.5) is 5.82 Å². The second-order valence-electron chi connectivity index (χ2n) is 5.81. The Morgan fingerprint density at radius 2 is 2.05 bits per heavy atom. The van der Waals surface area contributed by atoms with Gasteiger partial charge in [0.15, 0.2) is 5.82 Å². The molecule has 0 spiro atoms. The summed E-state index contributed by atoms with van der Waals surface area (Å²) in [5.74, 6) is 0.766. The molecule has 2 heterocycles. The minimum Gasteiger partial charge on any atom is -0.306 e. The average Bonchev–Trinajstić information content (AvgIpc) is 3.01. The molecule has 1 aliphatic rings. The Bertz CT molecular complexity index is 659. The fourth-order valence-electron chi connectivity index (χ4n) is 2.83. The van der Waals surface area contributed by atoms with E-state index in [9.17, 15) is 4.79 Å². The summed E-state index contributed by atoms with van der Waals surface area (Å²) in [6, 6.07) is 11.9. The van der Waals surface area contributed by atoms with Crippen LogP contribution in [0.1, 0.15) is 6.42 Å². The highest BCUT2D eigenvalue weighted by atomic mass is 16.2. The topological polar surface area (TPSA) is 49.3 Å². The first kappa shape index (κ1) is 14.7. The molecule has 0 bridgehead atoms. The van der Waals surface area contributed by atoms with E-state index in [4.69, 9.17) is 0 Å². The molecular weight excluding hydrogens is 276 g/mol. The molecule has 0 saturated carbocycles. The summed E-state index contributed by atoms with van der Waals surface area (Å²) in [7, 11) is 3.82. The smallest absolute Gasteiger partial charge is 0.232 e. The van der Waals surface area contributed by atoms with Crippen molar-refractivity contribution >= 4 is 11.7 Å². The van der Waals surface area contributed by atoms with Crippen LogP contribution in [0.2, 0.25) is 0 Å². The molecule has 1 fully saturated rings. The number of carbonyl (C=O) groups excluding carboxylic acids is 1.